The summed E-state index contributed by atoms with van der Waals surface area (Å²) in [5.74, 6) is 0.452. The zero-order valence-electron chi connectivity index (χ0n) is 13.1. The zero-order valence-corrected chi connectivity index (χ0v) is 16.3. The summed E-state index contributed by atoms with van der Waals surface area (Å²) < 4.78 is 0.755. The van der Waals surface area contributed by atoms with Gasteiger partial charge < -0.3 is 0 Å². The molecule has 0 saturated carbocycles. The quantitative estimate of drug-likeness (QED) is 0.433. The lowest BCUT2D eigenvalue weighted by Crippen LogP contribution is -2.11. The molecule has 3 rings (SSSR count). The Hall–Kier alpha value is -1.60. The van der Waals surface area contributed by atoms with Crippen LogP contribution in [0.3, 0.4) is 0 Å². The van der Waals surface area contributed by atoms with Gasteiger partial charge in [0.25, 0.3) is 5.91 Å². The molecule has 0 atom stereocenters. The van der Waals surface area contributed by atoms with Crippen LogP contribution in [0.1, 0.15) is 21.5 Å². The van der Waals surface area contributed by atoms with Crippen molar-refractivity contribution in [3.05, 3.63) is 69.2 Å². The molecule has 3 aromatic rings. The minimum atomic E-state index is -0.197. The molecular formula is C17H13Cl2N3OS2. The van der Waals surface area contributed by atoms with Crippen molar-refractivity contribution in [2.75, 3.05) is 5.32 Å². The van der Waals surface area contributed by atoms with Gasteiger partial charge in [-0.05, 0) is 36.8 Å². The first-order chi connectivity index (χ1) is 12.0. The molecular weight excluding hydrogens is 397 g/mol. The van der Waals surface area contributed by atoms with Crippen molar-refractivity contribution in [1.82, 2.24) is 10.2 Å². The molecule has 0 radical (unpaired) electrons. The number of anilines is 1. The standard InChI is InChI=1S/C17H13Cl2N3OS2/c1-10-3-2-4-11(7-10)15(23)20-16-21-22-17(25-16)24-9-12-5-6-13(18)8-14(12)19/h2-8H,9H2,1H3,(H,20,21,23). The highest BCUT2D eigenvalue weighted by atomic mass is 35.5. The predicted octanol–water partition coefficient (Wildman–Crippen LogP) is 5.70. The molecule has 4 nitrogen and oxygen atoms in total. The van der Waals surface area contributed by atoms with Crippen LogP contribution in [0, 0.1) is 6.92 Å². The molecule has 0 unspecified atom stereocenters. The molecule has 0 aliphatic rings. The molecule has 128 valence electrons. The summed E-state index contributed by atoms with van der Waals surface area (Å²) in [6, 6.07) is 12.8. The van der Waals surface area contributed by atoms with Gasteiger partial charge in [-0.25, -0.2) is 0 Å². The molecule has 8 heteroatoms. The molecule has 0 saturated heterocycles. The number of amides is 1. The van der Waals surface area contributed by atoms with E-state index < -0.39 is 0 Å². The Bertz CT molecular complexity index is 914. The number of nitrogens with zero attached hydrogens (tertiary/aromatic N) is 2. The molecule has 0 aliphatic heterocycles. The fourth-order valence-corrected chi connectivity index (χ4v) is 4.36. The number of hydrogen-bond acceptors (Lipinski definition) is 5. The number of thioether (sulfide) groups is 1. The molecule has 0 spiro atoms. The number of benzene rings is 2. The number of aromatic nitrogens is 2. The van der Waals surface area contributed by atoms with E-state index in [0.717, 1.165) is 15.5 Å². The third kappa shape index (κ3) is 4.95. The summed E-state index contributed by atoms with van der Waals surface area (Å²) in [7, 11) is 0. The van der Waals surface area contributed by atoms with E-state index >= 15 is 0 Å². The Morgan fingerprint density at radius 3 is 2.80 bits per heavy atom. The van der Waals surface area contributed by atoms with Crippen LogP contribution in [-0.2, 0) is 5.75 Å². The minimum Gasteiger partial charge on any atom is -0.296 e. The van der Waals surface area contributed by atoms with Crippen molar-refractivity contribution in [3.8, 4) is 0 Å². The van der Waals surface area contributed by atoms with Gasteiger partial charge in [0.2, 0.25) is 5.13 Å². The lowest BCUT2D eigenvalue weighted by Gasteiger charge is -2.02. The Balaban J connectivity index is 1.61. The maximum atomic E-state index is 12.2. The lowest BCUT2D eigenvalue weighted by molar-refractivity contribution is 0.102. The van der Waals surface area contributed by atoms with Crippen LogP contribution >= 0.6 is 46.3 Å². The Kier molecular flexibility index (Phi) is 5.96. The van der Waals surface area contributed by atoms with Crippen LogP contribution in [0.4, 0.5) is 5.13 Å². The van der Waals surface area contributed by atoms with E-state index in [2.05, 4.69) is 15.5 Å². The summed E-state index contributed by atoms with van der Waals surface area (Å²) >= 11 is 14.9. The molecule has 0 fully saturated rings. The largest absolute Gasteiger partial charge is 0.296 e. The third-order valence-corrected chi connectivity index (χ3v) is 5.88. The van der Waals surface area contributed by atoms with E-state index in [-0.39, 0.29) is 5.91 Å². The Morgan fingerprint density at radius 1 is 1.20 bits per heavy atom. The third-order valence-electron chi connectivity index (χ3n) is 3.27. The van der Waals surface area contributed by atoms with Crippen molar-refractivity contribution in [2.24, 2.45) is 0 Å². The number of aryl methyl sites for hydroxylation is 1. The van der Waals surface area contributed by atoms with Crippen molar-refractivity contribution in [2.45, 2.75) is 17.0 Å². The lowest BCUT2D eigenvalue weighted by atomic mass is 10.1. The number of hydrogen-bond donors (Lipinski definition) is 1. The number of carbonyl (C=O) groups is 1. The molecule has 1 aromatic heterocycles. The number of rotatable bonds is 5. The maximum Gasteiger partial charge on any atom is 0.257 e. The van der Waals surface area contributed by atoms with Crippen LogP contribution in [-0.4, -0.2) is 16.1 Å². The normalized spacial score (nSPS) is 10.7. The molecule has 2 aromatic carbocycles. The van der Waals surface area contributed by atoms with Crippen LogP contribution in [0.2, 0.25) is 10.0 Å². The molecule has 1 heterocycles. The van der Waals surface area contributed by atoms with Crippen LogP contribution in [0.25, 0.3) is 0 Å². The van der Waals surface area contributed by atoms with E-state index in [9.17, 15) is 4.79 Å². The van der Waals surface area contributed by atoms with Gasteiger partial charge in [-0.2, -0.15) is 0 Å². The summed E-state index contributed by atoms with van der Waals surface area (Å²) in [6.07, 6.45) is 0. The van der Waals surface area contributed by atoms with Gasteiger partial charge in [0.15, 0.2) is 4.34 Å². The number of nitrogens with one attached hydrogen (secondary N) is 1. The van der Waals surface area contributed by atoms with E-state index in [0.29, 0.717) is 26.5 Å². The number of halogens is 2. The molecule has 0 bridgehead atoms. The van der Waals surface area contributed by atoms with Crippen LogP contribution in [0.5, 0.6) is 0 Å². The first kappa shape index (κ1) is 18.2. The highest BCUT2D eigenvalue weighted by Gasteiger charge is 2.11. The van der Waals surface area contributed by atoms with Gasteiger partial charge in [0.05, 0.1) is 0 Å². The van der Waals surface area contributed by atoms with Crippen molar-refractivity contribution < 1.29 is 4.79 Å². The fourth-order valence-electron chi connectivity index (χ4n) is 2.05. The van der Waals surface area contributed by atoms with Crippen molar-refractivity contribution in [1.29, 1.82) is 0 Å². The number of carbonyl (C=O) groups excluding carboxylic acids is 1. The monoisotopic (exact) mass is 409 g/mol. The minimum absolute atomic E-state index is 0.197. The Morgan fingerprint density at radius 2 is 2.04 bits per heavy atom. The smallest absolute Gasteiger partial charge is 0.257 e. The van der Waals surface area contributed by atoms with Crippen molar-refractivity contribution >= 4 is 57.3 Å². The maximum absolute atomic E-state index is 12.2. The second kappa shape index (κ2) is 8.19. The van der Waals surface area contributed by atoms with Crippen molar-refractivity contribution in [3.63, 3.8) is 0 Å². The van der Waals surface area contributed by atoms with E-state index in [4.69, 9.17) is 23.2 Å². The van der Waals surface area contributed by atoms with Gasteiger partial charge in [-0.3, -0.25) is 10.1 Å². The van der Waals surface area contributed by atoms with Gasteiger partial charge >= 0.3 is 0 Å². The first-order valence-electron chi connectivity index (χ1n) is 7.29. The summed E-state index contributed by atoms with van der Waals surface area (Å²) in [5.41, 5.74) is 2.59. The SMILES string of the molecule is Cc1cccc(C(=O)Nc2nnc(SCc3ccc(Cl)cc3Cl)s2)c1. The van der Waals surface area contributed by atoms with Gasteiger partial charge in [-0.15, -0.1) is 10.2 Å². The molecule has 25 heavy (non-hydrogen) atoms. The Labute approximate surface area is 163 Å². The second-order valence-electron chi connectivity index (χ2n) is 5.22. The highest BCUT2D eigenvalue weighted by Crippen LogP contribution is 2.31. The summed E-state index contributed by atoms with van der Waals surface area (Å²) in [6.45, 7) is 1.94. The predicted molar refractivity (Wildman–Crippen MR) is 105 cm³/mol. The molecule has 1 N–H and O–H groups in total. The average Bonchev–Trinajstić information content (AvgIpc) is 3.01. The van der Waals surface area contributed by atoms with Crippen LogP contribution < -0.4 is 5.32 Å². The van der Waals surface area contributed by atoms with E-state index in [1.165, 1.54) is 23.1 Å². The highest BCUT2D eigenvalue weighted by molar-refractivity contribution is 8.00. The fraction of sp³-hybridized carbons (Fsp3) is 0.118. The van der Waals surface area contributed by atoms with E-state index in [1.807, 2.05) is 31.2 Å². The van der Waals surface area contributed by atoms with Gasteiger partial charge in [0, 0.05) is 21.4 Å². The van der Waals surface area contributed by atoms with Crippen LogP contribution in [0.15, 0.2) is 46.8 Å². The zero-order chi connectivity index (χ0) is 17.8. The van der Waals surface area contributed by atoms with Gasteiger partial charge in [0.1, 0.15) is 0 Å². The summed E-state index contributed by atoms with van der Waals surface area (Å²) in [5, 5.41) is 12.6. The topological polar surface area (TPSA) is 54.9 Å². The second-order valence-corrected chi connectivity index (χ2v) is 8.26. The molecule has 1 amide bonds. The van der Waals surface area contributed by atoms with E-state index in [1.54, 1.807) is 18.2 Å². The van der Waals surface area contributed by atoms with Gasteiger partial charge in [-0.1, -0.05) is 70.1 Å². The molecule has 0 aliphatic carbocycles. The summed E-state index contributed by atoms with van der Waals surface area (Å²) in [4.78, 5) is 12.2. The average molecular weight is 410 g/mol. The first-order valence-corrected chi connectivity index (χ1v) is 9.85.